The van der Waals surface area contributed by atoms with Gasteiger partial charge in [0.15, 0.2) is 16.9 Å². The molecular formula is C21H18O9. The molecule has 30 heavy (non-hydrogen) atoms. The highest BCUT2D eigenvalue weighted by Gasteiger charge is 2.19. The summed E-state index contributed by atoms with van der Waals surface area (Å²) in [7, 11) is 0. The van der Waals surface area contributed by atoms with E-state index in [1.807, 2.05) is 6.07 Å². The van der Waals surface area contributed by atoms with Crippen molar-refractivity contribution in [3.8, 4) is 28.6 Å². The molecular weight excluding hydrogens is 396 g/mol. The van der Waals surface area contributed by atoms with E-state index in [4.69, 9.17) is 19.0 Å². The maximum atomic E-state index is 12.5. The Kier molecular flexibility index (Phi) is 6.21. The van der Waals surface area contributed by atoms with Crippen molar-refractivity contribution in [1.82, 2.24) is 0 Å². The highest BCUT2D eigenvalue weighted by Crippen LogP contribution is 2.41. The number of carboxylic acids is 1. The molecule has 0 unspecified atom stereocenters. The number of hydrogen-bond acceptors (Lipinski definition) is 8. The van der Waals surface area contributed by atoms with Crippen molar-refractivity contribution in [1.29, 1.82) is 0 Å². The van der Waals surface area contributed by atoms with Crippen LogP contribution in [0.15, 0.2) is 51.7 Å². The topological polar surface area (TPSA) is 144 Å². The number of phenolic OH excluding ortho intramolecular Hbond substituents is 2. The van der Waals surface area contributed by atoms with Crippen molar-refractivity contribution in [2.24, 2.45) is 0 Å². The molecule has 156 valence electrons. The molecule has 0 atom stereocenters. The zero-order chi connectivity index (χ0) is 21.7. The highest BCUT2D eigenvalue weighted by atomic mass is 16.6. The van der Waals surface area contributed by atoms with Crippen LogP contribution in [0.4, 0.5) is 0 Å². The molecule has 0 saturated heterocycles. The summed E-state index contributed by atoms with van der Waals surface area (Å²) in [5, 5.41) is 28.9. The number of fused-ring (bicyclic) bond motifs is 1. The highest BCUT2D eigenvalue weighted by molar-refractivity contribution is 5.89. The molecule has 3 N–H and O–H groups in total. The smallest absolute Gasteiger partial charge is 0.306 e. The van der Waals surface area contributed by atoms with Gasteiger partial charge in [0.05, 0.1) is 12.8 Å². The van der Waals surface area contributed by atoms with Crippen LogP contribution < -0.4 is 10.2 Å². The van der Waals surface area contributed by atoms with Crippen molar-refractivity contribution in [3.05, 3.63) is 52.7 Å². The lowest BCUT2D eigenvalue weighted by atomic mass is 10.1. The molecule has 1 heterocycles. The number of hydrogen-bond donors (Lipinski definition) is 3. The quantitative estimate of drug-likeness (QED) is 0.374. The minimum atomic E-state index is -1.12. The Morgan fingerprint density at radius 1 is 1.00 bits per heavy atom. The molecule has 0 bridgehead atoms. The minimum Gasteiger partial charge on any atom is -0.504 e. The standard InChI is InChI=1S/C21H18O9/c22-13-10-15(12-4-2-1-3-5-12)30-16-11-14(23)21(20(27)19(13)16)29-9-8-28-18(26)7-6-17(24)25/h1-5,10-11,23,27H,6-9H2,(H,24,25). The Bertz CT molecular complexity index is 1130. The van der Waals surface area contributed by atoms with Crippen LogP contribution in [-0.4, -0.2) is 40.5 Å². The van der Waals surface area contributed by atoms with Crippen LogP contribution in [0.5, 0.6) is 17.2 Å². The normalized spacial score (nSPS) is 10.7. The average molecular weight is 414 g/mol. The summed E-state index contributed by atoms with van der Waals surface area (Å²) >= 11 is 0. The van der Waals surface area contributed by atoms with Gasteiger partial charge in [-0.1, -0.05) is 30.3 Å². The summed E-state index contributed by atoms with van der Waals surface area (Å²) in [6, 6.07) is 11.2. The van der Waals surface area contributed by atoms with E-state index in [1.54, 1.807) is 24.3 Å². The van der Waals surface area contributed by atoms with E-state index in [2.05, 4.69) is 0 Å². The third kappa shape index (κ3) is 4.69. The summed E-state index contributed by atoms with van der Waals surface area (Å²) in [6.45, 7) is -0.476. The van der Waals surface area contributed by atoms with Crippen LogP contribution in [0.25, 0.3) is 22.3 Å². The zero-order valence-corrected chi connectivity index (χ0v) is 15.7. The van der Waals surface area contributed by atoms with E-state index in [1.165, 1.54) is 6.07 Å². The Hall–Kier alpha value is -4.01. The van der Waals surface area contributed by atoms with Crippen molar-refractivity contribution >= 4 is 22.9 Å². The van der Waals surface area contributed by atoms with Gasteiger partial charge in [-0.2, -0.15) is 0 Å². The Balaban J connectivity index is 1.77. The molecule has 0 aliphatic heterocycles. The van der Waals surface area contributed by atoms with Crippen molar-refractivity contribution in [2.75, 3.05) is 13.2 Å². The number of phenols is 2. The molecule has 3 aromatic rings. The summed E-state index contributed by atoms with van der Waals surface area (Å²) in [5.41, 5.74) is 0.0990. The first-order valence-corrected chi connectivity index (χ1v) is 8.95. The predicted octanol–water partition coefficient (Wildman–Crippen LogP) is 2.66. The first-order valence-electron chi connectivity index (χ1n) is 8.95. The lowest BCUT2D eigenvalue weighted by Gasteiger charge is -2.12. The maximum absolute atomic E-state index is 12.5. The molecule has 2 aromatic carbocycles. The van der Waals surface area contributed by atoms with Gasteiger partial charge in [0.1, 0.15) is 29.9 Å². The van der Waals surface area contributed by atoms with E-state index in [0.717, 1.165) is 6.07 Å². The zero-order valence-electron chi connectivity index (χ0n) is 15.7. The lowest BCUT2D eigenvalue weighted by Crippen LogP contribution is -2.13. The number of aliphatic carboxylic acids is 1. The number of rotatable bonds is 8. The average Bonchev–Trinajstić information content (AvgIpc) is 2.71. The minimum absolute atomic E-state index is 0.0243. The van der Waals surface area contributed by atoms with Crippen molar-refractivity contribution in [3.63, 3.8) is 0 Å². The number of ether oxygens (including phenoxy) is 2. The SMILES string of the molecule is O=C(O)CCC(=O)OCCOc1c(O)cc2oc(-c3ccccc3)cc(=O)c2c1O. The van der Waals surface area contributed by atoms with Gasteiger partial charge in [-0.25, -0.2) is 0 Å². The molecule has 9 heteroatoms. The van der Waals surface area contributed by atoms with E-state index < -0.39 is 28.9 Å². The number of carboxylic acid groups (broad SMARTS) is 1. The molecule has 1 aromatic heterocycles. The summed E-state index contributed by atoms with van der Waals surface area (Å²) in [6.07, 6.45) is -0.640. The lowest BCUT2D eigenvalue weighted by molar-refractivity contribution is -0.148. The largest absolute Gasteiger partial charge is 0.504 e. The van der Waals surface area contributed by atoms with Gasteiger partial charge in [-0.15, -0.1) is 0 Å². The van der Waals surface area contributed by atoms with Crippen LogP contribution in [0, 0.1) is 0 Å². The molecule has 0 spiro atoms. The number of carbonyl (C=O) groups excluding carboxylic acids is 1. The summed E-state index contributed by atoms with van der Waals surface area (Å²) in [4.78, 5) is 34.3. The first kappa shape index (κ1) is 20.7. The van der Waals surface area contributed by atoms with Gasteiger partial charge in [0.25, 0.3) is 0 Å². The van der Waals surface area contributed by atoms with Gasteiger partial charge in [0.2, 0.25) is 5.75 Å². The van der Waals surface area contributed by atoms with Gasteiger partial charge in [-0.05, 0) is 0 Å². The van der Waals surface area contributed by atoms with Gasteiger partial charge >= 0.3 is 11.9 Å². The van der Waals surface area contributed by atoms with E-state index >= 15 is 0 Å². The van der Waals surface area contributed by atoms with Gasteiger partial charge < -0.3 is 29.2 Å². The molecule has 0 radical (unpaired) electrons. The van der Waals surface area contributed by atoms with Crippen LogP contribution in [0.1, 0.15) is 12.8 Å². The van der Waals surface area contributed by atoms with Crippen molar-refractivity contribution in [2.45, 2.75) is 12.8 Å². The third-order valence-corrected chi connectivity index (χ3v) is 4.12. The summed E-state index contributed by atoms with van der Waals surface area (Å²) in [5.74, 6) is -3.00. The number of benzene rings is 2. The maximum Gasteiger partial charge on any atom is 0.306 e. The fourth-order valence-corrected chi connectivity index (χ4v) is 2.74. The Morgan fingerprint density at radius 3 is 2.43 bits per heavy atom. The molecule has 0 amide bonds. The second kappa shape index (κ2) is 8.99. The number of aromatic hydroxyl groups is 2. The van der Waals surface area contributed by atoms with Crippen molar-refractivity contribution < 1.29 is 38.8 Å². The summed E-state index contributed by atoms with van der Waals surface area (Å²) < 4.78 is 15.7. The molecule has 0 saturated carbocycles. The molecule has 9 nitrogen and oxygen atoms in total. The predicted molar refractivity (Wildman–Crippen MR) is 105 cm³/mol. The molecule has 0 aliphatic carbocycles. The van der Waals surface area contributed by atoms with Crippen LogP contribution in [-0.2, 0) is 14.3 Å². The van der Waals surface area contributed by atoms with E-state index in [0.29, 0.717) is 5.56 Å². The van der Waals surface area contributed by atoms with Crippen LogP contribution in [0.3, 0.4) is 0 Å². The van der Waals surface area contributed by atoms with Crippen LogP contribution in [0.2, 0.25) is 0 Å². The number of carbonyl (C=O) groups is 2. The van der Waals surface area contributed by atoms with Crippen LogP contribution >= 0.6 is 0 Å². The Morgan fingerprint density at radius 2 is 1.73 bits per heavy atom. The molecule has 0 fully saturated rings. The van der Waals surface area contributed by atoms with E-state index in [9.17, 15) is 24.6 Å². The first-order chi connectivity index (χ1) is 14.4. The molecule has 3 rings (SSSR count). The second-order valence-corrected chi connectivity index (χ2v) is 6.25. The molecule has 0 aliphatic rings. The van der Waals surface area contributed by atoms with Gasteiger partial charge in [-0.3, -0.25) is 14.4 Å². The van der Waals surface area contributed by atoms with E-state index in [-0.39, 0.29) is 48.5 Å². The third-order valence-electron chi connectivity index (χ3n) is 4.12. The van der Waals surface area contributed by atoms with Gasteiger partial charge in [0, 0.05) is 17.7 Å². The fourth-order valence-electron chi connectivity index (χ4n) is 2.74. The number of esters is 1. The fraction of sp³-hybridized carbons (Fsp3) is 0.190. The monoisotopic (exact) mass is 414 g/mol. The Labute approximate surface area is 169 Å². The second-order valence-electron chi connectivity index (χ2n) is 6.25.